The number of hydrogen-bond acceptors (Lipinski definition) is 3. The van der Waals surface area contributed by atoms with Crippen molar-refractivity contribution in [2.24, 2.45) is 0 Å². The second-order valence-corrected chi connectivity index (χ2v) is 5.04. The van der Waals surface area contributed by atoms with Gasteiger partial charge in [-0.3, -0.25) is 4.79 Å². The Morgan fingerprint density at radius 3 is 2.62 bits per heavy atom. The van der Waals surface area contributed by atoms with Crippen LogP contribution in [0.25, 0.3) is 0 Å². The van der Waals surface area contributed by atoms with Crippen molar-refractivity contribution in [2.75, 3.05) is 5.75 Å². The Kier molecular flexibility index (Phi) is 1.73. The predicted octanol–water partition coefficient (Wildman–Crippen LogP) is 0.586. The molecule has 1 heterocycles. The molecule has 2 rings (SSSR count). The summed E-state index contributed by atoms with van der Waals surface area (Å²) in [4.78, 5) is 11.4. The molecule has 4 heteroatoms. The van der Waals surface area contributed by atoms with Crippen LogP contribution in [0.1, 0.15) is 5.56 Å². The Labute approximate surface area is 76.3 Å². The van der Waals surface area contributed by atoms with Gasteiger partial charge in [0.2, 0.25) is 0 Å². The summed E-state index contributed by atoms with van der Waals surface area (Å²) in [5.74, 6) is -0.567. The fourth-order valence-corrected chi connectivity index (χ4v) is 3.01. The van der Waals surface area contributed by atoms with Crippen molar-refractivity contribution in [3.63, 3.8) is 0 Å². The molecule has 1 aliphatic rings. The van der Waals surface area contributed by atoms with Crippen LogP contribution in [0.3, 0.4) is 0 Å². The number of Topliss-reactive ketones (excluding diaryl/α,β-unsaturated/α-hetero) is 1. The summed E-state index contributed by atoms with van der Waals surface area (Å²) in [6.45, 7) is 0. The maximum absolute atomic E-state index is 11.5. The molecule has 0 aliphatic carbocycles. The molecule has 0 aromatic heterocycles. The van der Waals surface area contributed by atoms with Crippen LogP contribution in [0.15, 0.2) is 29.2 Å². The number of rotatable bonds is 0. The molecule has 0 amide bonds. The van der Waals surface area contributed by atoms with Gasteiger partial charge in [0.25, 0.3) is 0 Å². The maximum atomic E-state index is 11.5. The Bertz CT molecular complexity index is 460. The third-order valence-corrected chi connectivity index (χ3v) is 3.82. The van der Waals surface area contributed by atoms with E-state index in [1.54, 1.807) is 24.3 Å². The lowest BCUT2D eigenvalue weighted by atomic mass is 10.1. The van der Waals surface area contributed by atoms with E-state index in [2.05, 4.69) is 0 Å². The van der Waals surface area contributed by atoms with Crippen LogP contribution in [0.2, 0.25) is 0 Å². The third-order valence-electron chi connectivity index (χ3n) is 2.05. The van der Waals surface area contributed by atoms with Gasteiger partial charge in [-0.2, -0.15) is 0 Å². The lowest BCUT2D eigenvalue weighted by Gasteiger charge is -2.14. The van der Waals surface area contributed by atoms with Crippen molar-refractivity contribution in [2.45, 2.75) is 11.3 Å². The van der Waals surface area contributed by atoms with Gasteiger partial charge in [0, 0.05) is 6.42 Å². The molecule has 0 atom stereocenters. The van der Waals surface area contributed by atoms with Crippen LogP contribution in [0.4, 0.5) is 0 Å². The Morgan fingerprint density at radius 2 is 1.85 bits per heavy atom. The minimum Gasteiger partial charge on any atom is -0.298 e. The summed E-state index contributed by atoms with van der Waals surface area (Å²) in [5, 5.41) is 0. The van der Waals surface area contributed by atoms with E-state index in [1.807, 2.05) is 0 Å². The molecule has 0 radical (unpaired) electrons. The van der Waals surface area contributed by atoms with E-state index in [4.69, 9.17) is 0 Å². The SMILES string of the molecule is O=C1Cc2ccccc2S(=O)(=O)C1. The number of sulfone groups is 1. The quantitative estimate of drug-likeness (QED) is 0.610. The summed E-state index contributed by atoms with van der Waals surface area (Å²) in [6, 6.07) is 6.65. The van der Waals surface area contributed by atoms with E-state index in [1.165, 1.54) is 0 Å². The highest BCUT2D eigenvalue weighted by Crippen LogP contribution is 2.22. The van der Waals surface area contributed by atoms with Gasteiger partial charge < -0.3 is 0 Å². The average Bonchev–Trinajstić information content (AvgIpc) is 2.02. The van der Waals surface area contributed by atoms with E-state index in [-0.39, 0.29) is 18.0 Å². The first-order chi connectivity index (χ1) is 6.09. The lowest BCUT2D eigenvalue weighted by Crippen LogP contribution is -2.24. The Hall–Kier alpha value is -1.16. The van der Waals surface area contributed by atoms with Gasteiger partial charge >= 0.3 is 0 Å². The molecule has 0 saturated carbocycles. The van der Waals surface area contributed by atoms with E-state index in [0.29, 0.717) is 10.5 Å². The highest BCUT2D eigenvalue weighted by molar-refractivity contribution is 7.92. The second-order valence-electron chi connectivity index (χ2n) is 3.08. The highest BCUT2D eigenvalue weighted by Gasteiger charge is 2.27. The smallest absolute Gasteiger partial charge is 0.185 e. The summed E-state index contributed by atoms with van der Waals surface area (Å²) < 4.78 is 22.9. The van der Waals surface area contributed by atoms with Crippen LogP contribution >= 0.6 is 0 Å². The van der Waals surface area contributed by atoms with E-state index in [9.17, 15) is 13.2 Å². The van der Waals surface area contributed by atoms with Gasteiger partial charge in [-0.15, -0.1) is 0 Å². The van der Waals surface area contributed by atoms with Crippen LogP contribution in [-0.4, -0.2) is 20.0 Å². The largest absolute Gasteiger partial charge is 0.298 e. The zero-order chi connectivity index (χ0) is 9.47. The normalized spacial score (nSPS) is 19.5. The van der Waals surface area contributed by atoms with Gasteiger partial charge in [-0.25, -0.2) is 8.42 Å². The topological polar surface area (TPSA) is 51.2 Å². The van der Waals surface area contributed by atoms with Crippen molar-refractivity contribution < 1.29 is 13.2 Å². The molecule has 0 spiro atoms. The van der Waals surface area contributed by atoms with Crippen molar-refractivity contribution in [1.82, 2.24) is 0 Å². The zero-order valence-electron chi connectivity index (χ0n) is 6.86. The van der Waals surface area contributed by atoms with Crippen molar-refractivity contribution in [1.29, 1.82) is 0 Å². The molecule has 1 aliphatic heterocycles. The van der Waals surface area contributed by atoms with Gasteiger partial charge in [-0.05, 0) is 11.6 Å². The maximum Gasteiger partial charge on any atom is 0.185 e. The number of hydrogen-bond donors (Lipinski definition) is 0. The Morgan fingerprint density at radius 1 is 1.15 bits per heavy atom. The van der Waals surface area contributed by atoms with Gasteiger partial charge in [0.1, 0.15) is 5.75 Å². The molecule has 0 fully saturated rings. The first-order valence-electron chi connectivity index (χ1n) is 3.92. The second kappa shape index (κ2) is 2.67. The molecule has 0 saturated heterocycles. The van der Waals surface area contributed by atoms with Gasteiger partial charge in [0.15, 0.2) is 15.6 Å². The van der Waals surface area contributed by atoms with Crippen LogP contribution in [0, 0.1) is 0 Å². The highest BCUT2D eigenvalue weighted by atomic mass is 32.2. The van der Waals surface area contributed by atoms with Crippen LogP contribution in [-0.2, 0) is 21.1 Å². The number of ketones is 1. The summed E-state index contributed by atoms with van der Waals surface area (Å²) >= 11 is 0. The fraction of sp³-hybridized carbons (Fsp3) is 0.222. The summed E-state index contributed by atoms with van der Waals surface area (Å²) in [6.07, 6.45) is 0.245. The van der Waals surface area contributed by atoms with Crippen molar-refractivity contribution in [3.05, 3.63) is 29.8 Å². The molecule has 13 heavy (non-hydrogen) atoms. The monoisotopic (exact) mass is 196 g/mol. The molecule has 0 unspecified atom stereocenters. The molecular formula is C9H8O3S. The minimum atomic E-state index is -3.34. The minimum absolute atomic E-state index is 0.223. The molecule has 0 bridgehead atoms. The van der Waals surface area contributed by atoms with Crippen molar-refractivity contribution >= 4 is 15.6 Å². The molecule has 1 aromatic rings. The summed E-state index contributed by atoms with van der Waals surface area (Å²) in [7, 11) is -3.34. The standard InChI is InChI=1S/C9H8O3S/c10-8-5-7-3-1-2-4-9(7)13(11,12)6-8/h1-4H,5-6H2. The first kappa shape index (κ1) is 8.44. The van der Waals surface area contributed by atoms with Crippen LogP contribution < -0.4 is 0 Å². The molecular weight excluding hydrogens is 188 g/mol. The number of fused-ring (bicyclic) bond motifs is 1. The van der Waals surface area contributed by atoms with Crippen LogP contribution in [0.5, 0.6) is 0 Å². The first-order valence-corrected chi connectivity index (χ1v) is 5.57. The number of carbonyl (C=O) groups excluding carboxylic acids is 1. The van der Waals surface area contributed by atoms with E-state index < -0.39 is 9.84 Å². The van der Waals surface area contributed by atoms with Gasteiger partial charge in [-0.1, -0.05) is 18.2 Å². The van der Waals surface area contributed by atoms with Crippen molar-refractivity contribution in [3.8, 4) is 0 Å². The molecule has 0 N–H and O–H groups in total. The van der Waals surface area contributed by atoms with E-state index in [0.717, 1.165) is 0 Å². The molecule has 68 valence electrons. The third kappa shape index (κ3) is 1.37. The Balaban J connectivity index is 2.70. The lowest BCUT2D eigenvalue weighted by molar-refractivity contribution is -0.116. The fourth-order valence-electron chi connectivity index (χ4n) is 1.51. The predicted molar refractivity (Wildman–Crippen MR) is 47.2 cm³/mol. The van der Waals surface area contributed by atoms with Gasteiger partial charge in [0.05, 0.1) is 4.90 Å². The number of carbonyl (C=O) groups is 1. The summed E-state index contributed by atoms with van der Waals surface area (Å²) in [5.41, 5.74) is 0.624. The molecule has 1 aromatic carbocycles. The zero-order valence-corrected chi connectivity index (χ0v) is 7.67. The molecule has 3 nitrogen and oxygen atoms in total. The van der Waals surface area contributed by atoms with E-state index >= 15 is 0 Å². The number of benzene rings is 1. The average molecular weight is 196 g/mol.